The number of aromatic nitrogens is 5. The molecule has 0 aliphatic carbocycles. The van der Waals surface area contributed by atoms with Crippen LogP contribution in [0.15, 0.2) is 54.7 Å². The van der Waals surface area contributed by atoms with Gasteiger partial charge in [0.05, 0.1) is 11.2 Å². The van der Waals surface area contributed by atoms with Gasteiger partial charge in [0.2, 0.25) is 0 Å². The average Bonchev–Trinajstić information content (AvgIpc) is 3.09. The molecule has 0 N–H and O–H groups in total. The first kappa shape index (κ1) is 12.8. The predicted octanol–water partition coefficient (Wildman–Crippen LogP) is 3.13. The summed E-state index contributed by atoms with van der Waals surface area (Å²) in [6.45, 7) is 1.91. The second kappa shape index (κ2) is 4.80. The van der Waals surface area contributed by atoms with Crippen molar-refractivity contribution in [2.45, 2.75) is 6.92 Å². The standard InChI is InChI=1S/C17H15N5/c1-12-18-17(22(19-12)13-7-4-3-5-8-13)14-9-6-10-16-15(14)11-21(2)20-16/h3-11H,1-2H3. The molecule has 0 aliphatic rings. The summed E-state index contributed by atoms with van der Waals surface area (Å²) in [5.74, 6) is 1.59. The van der Waals surface area contributed by atoms with Crippen LogP contribution in [0.1, 0.15) is 5.82 Å². The molecule has 2 heterocycles. The quantitative estimate of drug-likeness (QED) is 0.569. The summed E-state index contributed by atoms with van der Waals surface area (Å²) in [5, 5.41) is 10.1. The third-order valence-electron chi connectivity index (χ3n) is 3.62. The minimum atomic E-state index is 0.750. The summed E-state index contributed by atoms with van der Waals surface area (Å²) in [5.41, 5.74) is 2.99. The number of benzene rings is 2. The maximum absolute atomic E-state index is 4.63. The van der Waals surface area contributed by atoms with Crippen molar-refractivity contribution in [1.29, 1.82) is 0 Å². The highest BCUT2D eigenvalue weighted by molar-refractivity contribution is 5.92. The lowest BCUT2D eigenvalue weighted by atomic mass is 10.1. The van der Waals surface area contributed by atoms with Gasteiger partial charge < -0.3 is 0 Å². The van der Waals surface area contributed by atoms with Gasteiger partial charge in [0.15, 0.2) is 5.82 Å². The number of hydrogen-bond acceptors (Lipinski definition) is 3. The van der Waals surface area contributed by atoms with Crippen LogP contribution in [0.4, 0.5) is 0 Å². The second-order valence-corrected chi connectivity index (χ2v) is 5.27. The zero-order valence-corrected chi connectivity index (χ0v) is 12.4. The lowest BCUT2D eigenvalue weighted by molar-refractivity contribution is 0.780. The Balaban J connectivity index is 2.00. The fourth-order valence-corrected chi connectivity index (χ4v) is 2.70. The first-order chi connectivity index (χ1) is 10.7. The SMILES string of the molecule is Cc1nc(-c2cccc3nn(C)cc23)n(-c2ccccc2)n1. The summed E-state index contributed by atoms with van der Waals surface area (Å²) >= 11 is 0. The summed E-state index contributed by atoms with van der Waals surface area (Å²) < 4.78 is 3.71. The Morgan fingerprint density at radius 1 is 0.909 bits per heavy atom. The molecule has 2 aromatic heterocycles. The van der Waals surface area contributed by atoms with Crippen LogP contribution in [-0.4, -0.2) is 24.5 Å². The molecule has 0 unspecified atom stereocenters. The van der Waals surface area contributed by atoms with E-state index in [0.717, 1.165) is 33.8 Å². The predicted molar refractivity (Wildman–Crippen MR) is 85.8 cm³/mol. The molecule has 0 saturated heterocycles. The molecule has 5 nitrogen and oxygen atoms in total. The van der Waals surface area contributed by atoms with E-state index in [1.165, 1.54) is 0 Å². The van der Waals surface area contributed by atoms with E-state index in [1.807, 2.05) is 72.0 Å². The maximum Gasteiger partial charge on any atom is 0.164 e. The summed E-state index contributed by atoms with van der Waals surface area (Å²) in [7, 11) is 1.93. The highest BCUT2D eigenvalue weighted by atomic mass is 15.3. The zero-order valence-electron chi connectivity index (χ0n) is 12.4. The molecular formula is C17H15N5. The molecule has 0 saturated carbocycles. The normalized spacial score (nSPS) is 11.2. The van der Waals surface area contributed by atoms with Crippen LogP contribution >= 0.6 is 0 Å². The Kier molecular flexibility index (Phi) is 2.79. The Morgan fingerprint density at radius 2 is 1.73 bits per heavy atom. The van der Waals surface area contributed by atoms with Gasteiger partial charge in [-0.15, -0.1) is 0 Å². The molecule has 4 rings (SSSR count). The molecule has 0 spiro atoms. The van der Waals surface area contributed by atoms with E-state index in [1.54, 1.807) is 0 Å². The van der Waals surface area contributed by atoms with Crippen LogP contribution < -0.4 is 0 Å². The number of fused-ring (bicyclic) bond motifs is 1. The smallest absolute Gasteiger partial charge is 0.164 e. The lowest BCUT2D eigenvalue weighted by Gasteiger charge is -2.06. The topological polar surface area (TPSA) is 48.5 Å². The van der Waals surface area contributed by atoms with Gasteiger partial charge in [-0.2, -0.15) is 10.2 Å². The third-order valence-corrected chi connectivity index (χ3v) is 3.62. The third kappa shape index (κ3) is 1.98. The number of rotatable bonds is 2. The average molecular weight is 289 g/mol. The highest BCUT2D eigenvalue weighted by Gasteiger charge is 2.15. The van der Waals surface area contributed by atoms with E-state index < -0.39 is 0 Å². The van der Waals surface area contributed by atoms with E-state index in [2.05, 4.69) is 21.2 Å². The van der Waals surface area contributed by atoms with Crippen molar-refractivity contribution in [3.05, 3.63) is 60.6 Å². The number of aryl methyl sites for hydroxylation is 2. The van der Waals surface area contributed by atoms with Gasteiger partial charge in [-0.1, -0.05) is 30.3 Å². The summed E-state index contributed by atoms with van der Waals surface area (Å²) in [4.78, 5) is 4.63. The fourth-order valence-electron chi connectivity index (χ4n) is 2.70. The van der Waals surface area contributed by atoms with Crippen molar-refractivity contribution >= 4 is 10.9 Å². The minimum Gasteiger partial charge on any atom is -0.275 e. The van der Waals surface area contributed by atoms with E-state index in [4.69, 9.17) is 0 Å². The van der Waals surface area contributed by atoms with Gasteiger partial charge >= 0.3 is 0 Å². The zero-order chi connectivity index (χ0) is 15.1. The molecule has 0 amide bonds. The number of nitrogens with zero attached hydrogens (tertiary/aromatic N) is 5. The van der Waals surface area contributed by atoms with Gasteiger partial charge in [0, 0.05) is 24.2 Å². The van der Waals surface area contributed by atoms with Crippen molar-refractivity contribution in [2.24, 2.45) is 7.05 Å². The van der Waals surface area contributed by atoms with E-state index in [0.29, 0.717) is 0 Å². The molecule has 5 heteroatoms. The van der Waals surface area contributed by atoms with Crippen LogP contribution in [0, 0.1) is 6.92 Å². The van der Waals surface area contributed by atoms with Crippen LogP contribution in [0.3, 0.4) is 0 Å². The summed E-state index contributed by atoms with van der Waals surface area (Å²) in [6.07, 6.45) is 2.02. The van der Waals surface area contributed by atoms with Gasteiger partial charge in [-0.3, -0.25) is 4.68 Å². The molecule has 0 fully saturated rings. The van der Waals surface area contributed by atoms with Crippen molar-refractivity contribution in [3.63, 3.8) is 0 Å². The molecule has 0 radical (unpaired) electrons. The Morgan fingerprint density at radius 3 is 2.55 bits per heavy atom. The monoisotopic (exact) mass is 289 g/mol. The van der Waals surface area contributed by atoms with Crippen molar-refractivity contribution in [1.82, 2.24) is 24.5 Å². The van der Waals surface area contributed by atoms with Gasteiger partial charge in [-0.25, -0.2) is 9.67 Å². The Bertz CT molecular complexity index is 950. The lowest BCUT2D eigenvalue weighted by Crippen LogP contribution is -1.99. The first-order valence-corrected chi connectivity index (χ1v) is 7.14. The second-order valence-electron chi connectivity index (χ2n) is 5.27. The van der Waals surface area contributed by atoms with Crippen molar-refractivity contribution in [3.8, 4) is 17.1 Å². The van der Waals surface area contributed by atoms with E-state index >= 15 is 0 Å². The minimum absolute atomic E-state index is 0.750. The molecule has 0 aliphatic heterocycles. The molecule has 0 atom stereocenters. The van der Waals surface area contributed by atoms with Gasteiger partial charge in [0.25, 0.3) is 0 Å². The summed E-state index contributed by atoms with van der Waals surface area (Å²) in [6, 6.07) is 16.1. The van der Waals surface area contributed by atoms with Gasteiger partial charge in [-0.05, 0) is 25.1 Å². The van der Waals surface area contributed by atoms with Crippen LogP contribution in [0.25, 0.3) is 28.0 Å². The molecule has 2 aromatic carbocycles. The maximum atomic E-state index is 4.63. The number of hydrogen-bond donors (Lipinski definition) is 0. The molecule has 0 bridgehead atoms. The van der Waals surface area contributed by atoms with E-state index in [9.17, 15) is 0 Å². The van der Waals surface area contributed by atoms with Crippen LogP contribution in [0.2, 0.25) is 0 Å². The van der Waals surface area contributed by atoms with Crippen LogP contribution in [0.5, 0.6) is 0 Å². The Hall–Kier alpha value is -2.95. The first-order valence-electron chi connectivity index (χ1n) is 7.14. The largest absolute Gasteiger partial charge is 0.275 e. The fraction of sp³-hybridized carbons (Fsp3) is 0.118. The van der Waals surface area contributed by atoms with Crippen molar-refractivity contribution in [2.75, 3.05) is 0 Å². The van der Waals surface area contributed by atoms with E-state index in [-0.39, 0.29) is 0 Å². The van der Waals surface area contributed by atoms with Gasteiger partial charge in [0.1, 0.15) is 5.82 Å². The van der Waals surface area contributed by atoms with Crippen LogP contribution in [-0.2, 0) is 7.05 Å². The number of para-hydroxylation sites is 1. The molecule has 22 heavy (non-hydrogen) atoms. The molecule has 4 aromatic rings. The molecular weight excluding hydrogens is 274 g/mol. The Labute approximate surface area is 127 Å². The highest BCUT2D eigenvalue weighted by Crippen LogP contribution is 2.28. The van der Waals surface area contributed by atoms with Crippen molar-refractivity contribution < 1.29 is 0 Å². The molecule has 108 valence electrons.